The topological polar surface area (TPSA) is 43.1 Å². The Morgan fingerprint density at radius 1 is 1.33 bits per heavy atom. The van der Waals surface area contributed by atoms with E-state index in [1.807, 2.05) is 0 Å². The number of nitro groups is 1. The summed E-state index contributed by atoms with van der Waals surface area (Å²) >= 11 is 14.8. The highest BCUT2D eigenvalue weighted by Crippen LogP contribution is 2.44. The highest BCUT2D eigenvalue weighted by atomic mass is 35.5. The molecule has 0 atom stereocenters. The highest BCUT2D eigenvalue weighted by Gasteiger charge is 2.20. The Hall–Kier alpha value is -0.750. The van der Waals surface area contributed by atoms with Gasteiger partial charge in [-0.25, -0.2) is 0 Å². The van der Waals surface area contributed by atoms with Crippen LogP contribution < -0.4 is 0 Å². The average molecular weight is 362 g/mol. The molecular formula is C14H13Cl2NO2S2. The van der Waals surface area contributed by atoms with Crippen LogP contribution >= 0.6 is 46.3 Å². The molecule has 0 aliphatic rings. The Bertz CT molecular complexity index is 658. The number of unbranched alkanes of at least 4 members (excludes halogenated alkanes) is 1. The molecule has 0 fully saturated rings. The maximum atomic E-state index is 11.2. The van der Waals surface area contributed by atoms with Crippen LogP contribution in [0.1, 0.15) is 24.6 Å². The summed E-state index contributed by atoms with van der Waals surface area (Å²) < 4.78 is 0.662. The number of hydrogen-bond acceptors (Lipinski definition) is 4. The lowest BCUT2D eigenvalue weighted by molar-refractivity contribution is -0.387. The van der Waals surface area contributed by atoms with Crippen LogP contribution in [0.5, 0.6) is 0 Å². The van der Waals surface area contributed by atoms with Crippen molar-refractivity contribution in [3.05, 3.63) is 49.3 Å². The number of rotatable bonds is 6. The lowest BCUT2D eigenvalue weighted by Gasteiger charge is -2.02. The van der Waals surface area contributed by atoms with Gasteiger partial charge in [0.25, 0.3) is 5.69 Å². The van der Waals surface area contributed by atoms with E-state index in [0.29, 0.717) is 14.3 Å². The molecule has 0 spiro atoms. The Morgan fingerprint density at radius 3 is 2.71 bits per heavy atom. The molecule has 0 aliphatic heterocycles. The molecule has 0 unspecified atom stereocenters. The lowest BCUT2D eigenvalue weighted by Crippen LogP contribution is -1.86. The van der Waals surface area contributed by atoms with Crippen molar-refractivity contribution in [2.45, 2.75) is 35.3 Å². The normalized spacial score (nSPS) is 10.8. The number of benzene rings is 1. The third kappa shape index (κ3) is 4.36. The fourth-order valence-electron chi connectivity index (χ4n) is 1.74. The van der Waals surface area contributed by atoms with Gasteiger partial charge in [0.05, 0.1) is 9.95 Å². The van der Waals surface area contributed by atoms with Crippen LogP contribution in [0.4, 0.5) is 5.69 Å². The van der Waals surface area contributed by atoms with Gasteiger partial charge in [0.2, 0.25) is 0 Å². The van der Waals surface area contributed by atoms with Gasteiger partial charge in [-0.1, -0.05) is 48.3 Å². The molecule has 0 radical (unpaired) electrons. The van der Waals surface area contributed by atoms with Gasteiger partial charge < -0.3 is 0 Å². The number of halogens is 2. The fraction of sp³-hybridized carbons (Fsp3) is 0.286. The lowest BCUT2D eigenvalue weighted by atomic mass is 10.2. The largest absolute Gasteiger partial charge is 0.294 e. The molecule has 1 heterocycles. The zero-order chi connectivity index (χ0) is 15.4. The summed E-state index contributed by atoms with van der Waals surface area (Å²) in [6, 6.07) is 6.83. The third-order valence-corrected chi connectivity index (χ3v) is 5.91. The van der Waals surface area contributed by atoms with Gasteiger partial charge in [-0.05, 0) is 31.0 Å². The van der Waals surface area contributed by atoms with Crippen molar-refractivity contribution in [1.82, 2.24) is 0 Å². The van der Waals surface area contributed by atoms with Gasteiger partial charge in [-0.3, -0.25) is 10.1 Å². The van der Waals surface area contributed by atoms with E-state index >= 15 is 0 Å². The van der Waals surface area contributed by atoms with E-state index in [2.05, 4.69) is 6.92 Å². The van der Waals surface area contributed by atoms with Crippen LogP contribution in [0.3, 0.4) is 0 Å². The van der Waals surface area contributed by atoms with E-state index in [1.165, 1.54) is 23.1 Å². The van der Waals surface area contributed by atoms with Crippen LogP contribution in [0.25, 0.3) is 0 Å². The summed E-state index contributed by atoms with van der Waals surface area (Å²) in [6.07, 6.45) is 2.97. The van der Waals surface area contributed by atoms with Gasteiger partial charge in [0, 0.05) is 20.9 Å². The van der Waals surface area contributed by atoms with E-state index in [9.17, 15) is 10.1 Å². The number of hydrogen-bond donors (Lipinski definition) is 0. The fourth-order valence-corrected chi connectivity index (χ4v) is 4.65. The van der Waals surface area contributed by atoms with E-state index in [4.69, 9.17) is 23.2 Å². The van der Waals surface area contributed by atoms with Gasteiger partial charge in [0.15, 0.2) is 0 Å². The second-order valence-electron chi connectivity index (χ2n) is 4.42. The molecule has 7 heteroatoms. The first kappa shape index (κ1) is 16.6. The molecule has 0 saturated carbocycles. The molecule has 21 heavy (non-hydrogen) atoms. The first-order valence-electron chi connectivity index (χ1n) is 6.41. The summed E-state index contributed by atoms with van der Waals surface area (Å²) in [7, 11) is 0. The minimum atomic E-state index is -0.335. The molecule has 0 amide bonds. The van der Waals surface area contributed by atoms with Gasteiger partial charge in [0.1, 0.15) is 4.21 Å². The molecule has 0 aliphatic carbocycles. The van der Waals surface area contributed by atoms with Crippen molar-refractivity contribution in [2.75, 3.05) is 0 Å². The SMILES string of the molecule is CCCCc1cc([N+](=O)[O-])c(Sc2ccc(Cl)cc2Cl)s1. The second-order valence-corrected chi connectivity index (χ2v) is 7.71. The standard InChI is InChI=1S/C14H13Cl2NO2S2/c1-2-3-4-10-8-12(17(18)19)14(20-10)21-13-6-5-9(15)7-11(13)16/h5-8H,2-4H2,1H3. The van der Waals surface area contributed by atoms with E-state index < -0.39 is 0 Å². The third-order valence-electron chi connectivity index (χ3n) is 2.80. The first-order valence-corrected chi connectivity index (χ1v) is 8.80. The zero-order valence-corrected chi connectivity index (χ0v) is 14.4. The Labute approximate surface area is 141 Å². The molecule has 1 aromatic heterocycles. The predicted octanol–water partition coefficient (Wildman–Crippen LogP) is 6.46. The second kappa shape index (κ2) is 7.49. The van der Waals surface area contributed by atoms with E-state index in [0.717, 1.165) is 29.0 Å². The number of thiophene rings is 1. The van der Waals surface area contributed by atoms with Crippen molar-refractivity contribution < 1.29 is 4.92 Å². The summed E-state index contributed by atoms with van der Waals surface area (Å²) in [6.45, 7) is 2.10. The molecule has 0 bridgehead atoms. The minimum Gasteiger partial charge on any atom is -0.258 e. The Balaban J connectivity index is 2.29. The van der Waals surface area contributed by atoms with Crippen LogP contribution in [0.15, 0.2) is 33.4 Å². The average Bonchev–Trinajstić information content (AvgIpc) is 2.83. The predicted molar refractivity (Wildman–Crippen MR) is 90.2 cm³/mol. The van der Waals surface area contributed by atoms with Gasteiger partial charge in [-0.2, -0.15) is 0 Å². The van der Waals surface area contributed by atoms with Gasteiger partial charge >= 0.3 is 0 Å². The summed E-state index contributed by atoms with van der Waals surface area (Å²) in [5.41, 5.74) is 0.155. The monoisotopic (exact) mass is 361 g/mol. The molecule has 3 nitrogen and oxygen atoms in total. The van der Waals surface area contributed by atoms with E-state index in [-0.39, 0.29) is 10.6 Å². The Morgan fingerprint density at radius 2 is 2.10 bits per heavy atom. The summed E-state index contributed by atoms with van der Waals surface area (Å²) in [5, 5.41) is 12.2. The van der Waals surface area contributed by atoms with Crippen molar-refractivity contribution in [2.24, 2.45) is 0 Å². The van der Waals surface area contributed by atoms with Crippen molar-refractivity contribution >= 4 is 52.0 Å². The highest BCUT2D eigenvalue weighted by molar-refractivity contribution is 8.01. The van der Waals surface area contributed by atoms with Crippen LogP contribution in [-0.4, -0.2) is 4.92 Å². The van der Waals surface area contributed by atoms with Crippen LogP contribution in [-0.2, 0) is 6.42 Å². The molecule has 1 aromatic carbocycles. The maximum absolute atomic E-state index is 11.2. The van der Waals surface area contributed by atoms with Gasteiger partial charge in [-0.15, -0.1) is 11.3 Å². The minimum absolute atomic E-state index is 0.155. The Kier molecular flexibility index (Phi) is 5.93. The number of aryl methyl sites for hydroxylation is 1. The smallest absolute Gasteiger partial charge is 0.258 e. The summed E-state index contributed by atoms with van der Waals surface area (Å²) in [4.78, 5) is 12.7. The quantitative estimate of drug-likeness (QED) is 0.438. The van der Waals surface area contributed by atoms with Crippen molar-refractivity contribution in [1.29, 1.82) is 0 Å². The van der Waals surface area contributed by atoms with Crippen molar-refractivity contribution in [3.8, 4) is 0 Å². The molecule has 2 rings (SSSR count). The summed E-state index contributed by atoms with van der Waals surface area (Å²) in [5.74, 6) is 0. The molecule has 112 valence electrons. The van der Waals surface area contributed by atoms with Crippen molar-refractivity contribution in [3.63, 3.8) is 0 Å². The number of nitrogens with zero attached hydrogens (tertiary/aromatic N) is 1. The molecule has 0 saturated heterocycles. The first-order chi connectivity index (χ1) is 10.0. The van der Waals surface area contributed by atoms with Crippen LogP contribution in [0, 0.1) is 10.1 Å². The molecule has 2 aromatic rings. The molecule has 0 N–H and O–H groups in total. The molecular weight excluding hydrogens is 349 g/mol. The maximum Gasteiger partial charge on any atom is 0.294 e. The van der Waals surface area contributed by atoms with Crippen LogP contribution in [0.2, 0.25) is 10.0 Å². The zero-order valence-electron chi connectivity index (χ0n) is 11.3. The van der Waals surface area contributed by atoms with E-state index in [1.54, 1.807) is 24.3 Å².